The Morgan fingerprint density at radius 3 is 2.43 bits per heavy atom. The summed E-state index contributed by atoms with van der Waals surface area (Å²) < 4.78 is 31.3. The minimum absolute atomic E-state index is 0.00184. The molecule has 2 aromatic rings. The van der Waals surface area contributed by atoms with Crippen LogP contribution in [-0.2, 0) is 16.4 Å². The van der Waals surface area contributed by atoms with Crippen LogP contribution in [0, 0.1) is 0 Å². The third kappa shape index (κ3) is 6.88. The van der Waals surface area contributed by atoms with Crippen LogP contribution in [0.5, 0.6) is 5.75 Å². The molecule has 2 aromatic carbocycles. The van der Waals surface area contributed by atoms with Gasteiger partial charge in [-0.3, -0.25) is 9.52 Å². The van der Waals surface area contributed by atoms with Crippen molar-refractivity contribution in [3.8, 4) is 5.75 Å². The second kappa shape index (κ2) is 10.7. The zero-order valence-corrected chi connectivity index (χ0v) is 17.2. The lowest BCUT2D eigenvalue weighted by atomic mass is 10.1. The van der Waals surface area contributed by atoms with Crippen molar-refractivity contribution in [3.63, 3.8) is 0 Å². The molecule has 1 amide bonds. The lowest BCUT2D eigenvalue weighted by Crippen LogP contribution is -2.24. The summed E-state index contributed by atoms with van der Waals surface area (Å²) in [5.74, 6) is 0.725. The molecule has 2 rings (SSSR count). The molecule has 0 bridgehead atoms. The van der Waals surface area contributed by atoms with Crippen LogP contribution in [0.1, 0.15) is 42.6 Å². The van der Waals surface area contributed by atoms with Gasteiger partial charge >= 0.3 is 0 Å². The van der Waals surface area contributed by atoms with Crippen LogP contribution in [0.15, 0.2) is 48.5 Å². The molecule has 6 nitrogen and oxygen atoms in total. The molecule has 0 aliphatic heterocycles. The number of amides is 1. The van der Waals surface area contributed by atoms with E-state index in [2.05, 4.69) is 17.0 Å². The highest BCUT2D eigenvalue weighted by atomic mass is 32.2. The molecule has 0 fully saturated rings. The van der Waals surface area contributed by atoms with Gasteiger partial charge in [0.2, 0.25) is 10.0 Å². The Morgan fingerprint density at radius 1 is 1.04 bits per heavy atom. The fraction of sp³-hybridized carbons (Fsp3) is 0.381. The minimum Gasteiger partial charge on any atom is -0.493 e. The van der Waals surface area contributed by atoms with Crippen molar-refractivity contribution < 1.29 is 17.9 Å². The number of aryl methyl sites for hydroxylation is 1. The molecule has 7 heteroatoms. The summed E-state index contributed by atoms with van der Waals surface area (Å²) in [5.41, 5.74) is 2.07. The second-order valence-corrected chi connectivity index (χ2v) is 8.41. The Hall–Kier alpha value is -2.54. The SMILES string of the molecule is CCCOc1ccccc1CCCNC(=O)c1ccc(NS(=O)(=O)CC)cc1. The highest BCUT2D eigenvalue weighted by molar-refractivity contribution is 7.92. The van der Waals surface area contributed by atoms with Crippen molar-refractivity contribution >= 4 is 21.6 Å². The smallest absolute Gasteiger partial charge is 0.251 e. The normalized spacial score (nSPS) is 11.1. The summed E-state index contributed by atoms with van der Waals surface area (Å²) >= 11 is 0. The molecule has 0 unspecified atom stereocenters. The number of ether oxygens (including phenoxy) is 1. The first-order valence-electron chi connectivity index (χ1n) is 9.54. The zero-order valence-electron chi connectivity index (χ0n) is 16.4. The minimum atomic E-state index is -3.32. The van der Waals surface area contributed by atoms with E-state index in [1.54, 1.807) is 31.2 Å². The van der Waals surface area contributed by atoms with Crippen molar-refractivity contribution in [2.24, 2.45) is 0 Å². The third-order valence-corrected chi connectivity index (χ3v) is 5.45. The summed E-state index contributed by atoms with van der Waals surface area (Å²) in [5, 5.41) is 2.89. The van der Waals surface area contributed by atoms with Crippen LogP contribution < -0.4 is 14.8 Å². The monoisotopic (exact) mass is 404 g/mol. The molecular formula is C21H28N2O4S. The standard InChI is InChI=1S/C21H28N2O4S/c1-3-16-27-20-10-6-5-8-17(20)9-7-15-22-21(24)18-11-13-19(14-12-18)23-28(25,26)4-2/h5-6,8,10-14,23H,3-4,7,9,15-16H2,1-2H3,(H,22,24). The fourth-order valence-corrected chi connectivity index (χ4v) is 3.23. The van der Waals surface area contributed by atoms with Gasteiger partial charge in [-0.15, -0.1) is 0 Å². The van der Waals surface area contributed by atoms with Gasteiger partial charge in [0.25, 0.3) is 5.91 Å². The van der Waals surface area contributed by atoms with Crippen LogP contribution in [0.3, 0.4) is 0 Å². The van der Waals surface area contributed by atoms with Gasteiger partial charge in [0.15, 0.2) is 0 Å². The summed E-state index contributed by atoms with van der Waals surface area (Å²) in [6, 6.07) is 14.3. The first-order chi connectivity index (χ1) is 13.4. The van der Waals surface area contributed by atoms with Gasteiger partial charge < -0.3 is 10.1 Å². The number of hydrogen-bond acceptors (Lipinski definition) is 4. The van der Waals surface area contributed by atoms with Gasteiger partial charge in [-0.05, 0) is 62.1 Å². The van der Waals surface area contributed by atoms with Gasteiger partial charge in [0.05, 0.1) is 12.4 Å². The molecule has 0 saturated carbocycles. The summed E-state index contributed by atoms with van der Waals surface area (Å²) in [7, 11) is -3.32. The van der Waals surface area contributed by atoms with Gasteiger partial charge in [-0.25, -0.2) is 8.42 Å². The molecule has 0 heterocycles. The van der Waals surface area contributed by atoms with Crippen molar-refractivity contribution in [2.45, 2.75) is 33.1 Å². The Morgan fingerprint density at radius 2 is 1.75 bits per heavy atom. The molecule has 0 saturated heterocycles. The Balaban J connectivity index is 1.81. The summed E-state index contributed by atoms with van der Waals surface area (Å²) in [6.45, 7) is 4.88. The summed E-state index contributed by atoms with van der Waals surface area (Å²) in [6.07, 6.45) is 2.58. The van der Waals surface area contributed by atoms with E-state index >= 15 is 0 Å². The van der Waals surface area contributed by atoms with E-state index in [1.807, 2.05) is 24.3 Å². The molecule has 2 N–H and O–H groups in total. The molecule has 0 spiro atoms. The van der Waals surface area contributed by atoms with Crippen molar-refractivity contribution in [3.05, 3.63) is 59.7 Å². The van der Waals surface area contributed by atoms with Crippen molar-refractivity contribution in [1.82, 2.24) is 5.32 Å². The van der Waals surface area contributed by atoms with Gasteiger partial charge in [0.1, 0.15) is 5.75 Å². The van der Waals surface area contributed by atoms with Crippen LogP contribution in [0.4, 0.5) is 5.69 Å². The Kier molecular flexibility index (Phi) is 8.32. The fourth-order valence-electron chi connectivity index (χ4n) is 2.59. The third-order valence-electron chi connectivity index (χ3n) is 4.14. The molecule has 0 atom stereocenters. The average molecular weight is 405 g/mol. The Labute approximate surface area is 167 Å². The highest BCUT2D eigenvalue weighted by Crippen LogP contribution is 2.19. The van der Waals surface area contributed by atoms with E-state index in [4.69, 9.17) is 4.74 Å². The van der Waals surface area contributed by atoms with Gasteiger partial charge in [0, 0.05) is 17.8 Å². The molecular weight excluding hydrogens is 376 g/mol. The Bertz CT molecular complexity index is 864. The number of hydrogen-bond donors (Lipinski definition) is 2. The molecule has 152 valence electrons. The molecule has 0 radical (unpaired) electrons. The predicted octanol–water partition coefficient (Wildman–Crippen LogP) is 3.60. The van der Waals surface area contributed by atoms with E-state index < -0.39 is 10.0 Å². The average Bonchev–Trinajstić information content (AvgIpc) is 2.70. The number of rotatable bonds is 11. The number of nitrogens with one attached hydrogen (secondary N) is 2. The van der Waals surface area contributed by atoms with Crippen molar-refractivity contribution in [2.75, 3.05) is 23.6 Å². The van der Waals surface area contributed by atoms with Crippen LogP contribution in [0.2, 0.25) is 0 Å². The number of carbonyl (C=O) groups excluding carboxylic acids is 1. The lowest BCUT2D eigenvalue weighted by Gasteiger charge is -2.11. The van der Waals surface area contributed by atoms with E-state index in [9.17, 15) is 13.2 Å². The van der Waals surface area contributed by atoms with Gasteiger partial charge in [-0.1, -0.05) is 25.1 Å². The number of carbonyl (C=O) groups is 1. The number of anilines is 1. The molecule has 0 aliphatic rings. The maximum atomic E-state index is 12.2. The molecule has 28 heavy (non-hydrogen) atoms. The van der Waals surface area contributed by atoms with E-state index in [0.717, 1.165) is 30.6 Å². The van der Waals surface area contributed by atoms with E-state index in [-0.39, 0.29) is 11.7 Å². The summed E-state index contributed by atoms with van der Waals surface area (Å²) in [4.78, 5) is 12.2. The first-order valence-corrected chi connectivity index (χ1v) is 11.2. The lowest BCUT2D eigenvalue weighted by molar-refractivity contribution is 0.0953. The molecule has 0 aromatic heterocycles. The topological polar surface area (TPSA) is 84.5 Å². The molecule has 0 aliphatic carbocycles. The maximum absolute atomic E-state index is 12.2. The van der Waals surface area contributed by atoms with Gasteiger partial charge in [-0.2, -0.15) is 0 Å². The number of sulfonamides is 1. The second-order valence-electron chi connectivity index (χ2n) is 6.40. The predicted molar refractivity (Wildman–Crippen MR) is 112 cm³/mol. The number of para-hydroxylation sites is 1. The van der Waals surface area contributed by atoms with Crippen LogP contribution >= 0.6 is 0 Å². The highest BCUT2D eigenvalue weighted by Gasteiger charge is 2.09. The van der Waals surface area contributed by atoms with E-state index in [1.165, 1.54) is 0 Å². The van der Waals surface area contributed by atoms with E-state index in [0.29, 0.717) is 24.4 Å². The quantitative estimate of drug-likeness (QED) is 0.561. The zero-order chi connectivity index (χ0) is 20.4. The van der Waals surface area contributed by atoms with Crippen molar-refractivity contribution in [1.29, 1.82) is 0 Å². The maximum Gasteiger partial charge on any atom is 0.251 e. The number of benzene rings is 2. The largest absolute Gasteiger partial charge is 0.493 e. The first kappa shape index (κ1) is 21.8. The van der Waals surface area contributed by atoms with Crippen LogP contribution in [-0.4, -0.2) is 33.2 Å². The van der Waals surface area contributed by atoms with Crippen LogP contribution in [0.25, 0.3) is 0 Å².